The van der Waals surface area contributed by atoms with Crippen molar-refractivity contribution < 1.29 is 4.42 Å². The van der Waals surface area contributed by atoms with Crippen LogP contribution in [0.25, 0.3) is 115 Å². The lowest BCUT2D eigenvalue weighted by atomic mass is 9.97. The number of rotatable bonds is 5. The second-order valence-electron chi connectivity index (χ2n) is 15.3. The summed E-state index contributed by atoms with van der Waals surface area (Å²) < 4.78 is 8.62. The van der Waals surface area contributed by atoms with Gasteiger partial charge in [-0.15, -0.1) is 0 Å². The Hall–Kier alpha value is -7.68. The van der Waals surface area contributed by atoms with Crippen LogP contribution in [0.15, 0.2) is 217 Å². The van der Waals surface area contributed by atoms with Gasteiger partial charge in [0.05, 0.1) is 16.7 Å². The lowest BCUT2D eigenvalue weighted by Gasteiger charge is -2.15. The molecule has 0 unspecified atom stereocenters. The molecule has 0 aliphatic rings. The average Bonchev–Trinajstić information content (AvgIpc) is 3.83. The van der Waals surface area contributed by atoms with Gasteiger partial charge in [0.1, 0.15) is 11.2 Å². The highest BCUT2D eigenvalue weighted by Crippen LogP contribution is 2.41. The van der Waals surface area contributed by atoms with Gasteiger partial charge in [0, 0.05) is 27.1 Å². The molecule has 0 aliphatic heterocycles. The molecule has 12 aromatic rings. The van der Waals surface area contributed by atoms with Crippen LogP contribution >= 0.6 is 0 Å². The van der Waals surface area contributed by atoms with E-state index in [9.17, 15) is 0 Å². The molecule has 2 nitrogen and oxygen atoms in total. The molecule has 0 saturated carbocycles. The van der Waals surface area contributed by atoms with Crippen molar-refractivity contribution in [3.05, 3.63) is 212 Å². The standard InChI is InChI=1S/C56H35NO/c1-3-12-38-30-41(22-20-36(38)10-1)43-24-27-53-49(33-43)50-34-44(42-23-21-37-11-2-4-13-39(37)31-42)25-28-54(50)57(53)52-18-7-5-16-47(52)46-15-9-14-40(32-46)45-26-29-56-51(35-45)48-17-6-8-19-55(48)58-56/h1-35H. The van der Waals surface area contributed by atoms with Gasteiger partial charge in [0.25, 0.3) is 0 Å². The summed E-state index contributed by atoms with van der Waals surface area (Å²) in [5.41, 5.74) is 14.8. The molecule has 2 heterocycles. The normalized spacial score (nSPS) is 11.8. The molecular weight excluding hydrogens is 703 g/mol. The number of benzene rings is 10. The quantitative estimate of drug-likeness (QED) is 0.172. The number of hydrogen-bond acceptors (Lipinski definition) is 1. The van der Waals surface area contributed by atoms with Crippen LogP contribution in [-0.2, 0) is 0 Å². The minimum absolute atomic E-state index is 0.908. The zero-order valence-electron chi connectivity index (χ0n) is 31.6. The number of fused-ring (bicyclic) bond motifs is 8. The first-order valence-electron chi connectivity index (χ1n) is 19.9. The molecule has 0 aliphatic carbocycles. The molecular formula is C56H35NO. The van der Waals surface area contributed by atoms with Gasteiger partial charge in [-0.2, -0.15) is 0 Å². The lowest BCUT2D eigenvalue weighted by Crippen LogP contribution is -1.97. The van der Waals surface area contributed by atoms with Crippen LogP contribution in [-0.4, -0.2) is 4.57 Å². The zero-order valence-corrected chi connectivity index (χ0v) is 31.6. The maximum Gasteiger partial charge on any atom is 0.135 e. The Bertz CT molecular complexity index is 3450. The molecule has 0 fully saturated rings. The van der Waals surface area contributed by atoms with E-state index in [-0.39, 0.29) is 0 Å². The SMILES string of the molecule is c1cc(-c2ccc3oc4ccccc4c3c2)cc(-c2ccccc2-n2c3ccc(-c4ccc5ccccc5c4)cc3c3cc(-c4ccc5ccccc5c4)ccc32)c1. The van der Waals surface area contributed by atoms with Crippen LogP contribution in [0, 0.1) is 0 Å². The van der Waals surface area contributed by atoms with Crippen LogP contribution in [0.2, 0.25) is 0 Å². The fourth-order valence-electron chi connectivity index (χ4n) is 9.06. The molecule has 2 heteroatoms. The molecule has 0 saturated heterocycles. The zero-order chi connectivity index (χ0) is 38.2. The molecule has 0 N–H and O–H groups in total. The fraction of sp³-hybridized carbons (Fsp3) is 0. The summed E-state index contributed by atoms with van der Waals surface area (Å²) in [6, 6.07) is 77.3. The summed E-state index contributed by atoms with van der Waals surface area (Å²) in [6.45, 7) is 0. The van der Waals surface area contributed by atoms with E-state index in [1.54, 1.807) is 0 Å². The van der Waals surface area contributed by atoms with Crippen molar-refractivity contribution in [2.24, 2.45) is 0 Å². The van der Waals surface area contributed by atoms with Gasteiger partial charge in [0.2, 0.25) is 0 Å². The summed E-state index contributed by atoms with van der Waals surface area (Å²) in [4.78, 5) is 0. The molecule has 58 heavy (non-hydrogen) atoms. The van der Waals surface area contributed by atoms with Crippen molar-refractivity contribution in [2.75, 3.05) is 0 Å². The van der Waals surface area contributed by atoms with Gasteiger partial charge < -0.3 is 8.98 Å². The van der Waals surface area contributed by atoms with Crippen LogP contribution in [0.1, 0.15) is 0 Å². The molecule has 10 aromatic carbocycles. The van der Waals surface area contributed by atoms with Crippen molar-refractivity contribution in [3.63, 3.8) is 0 Å². The highest BCUT2D eigenvalue weighted by molar-refractivity contribution is 6.12. The maximum absolute atomic E-state index is 6.16. The Morgan fingerprint density at radius 3 is 1.45 bits per heavy atom. The number of nitrogens with zero attached hydrogens (tertiary/aromatic N) is 1. The molecule has 0 atom stereocenters. The van der Waals surface area contributed by atoms with Crippen molar-refractivity contribution >= 4 is 65.3 Å². The molecule has 12 rings (SSSR count). The van der Waals surface area contributed by atoms with Gasteiger partial charge in [-0.25, -0.2) is 0 Å². The van der Waals surface area contributed by atoms with Gasteiger partial charge in [-0.1, -0.05) is 146 Å². The third kappa shape index (κ3) is 5.27. The molecule has 0 bridgehead atoms. The fourth-order valence-corrected chi connectivity index (χ4v) is 9.06. The first-order valence-corrected chi connectivity index (χ1v) is 19.9. The molecule has 0 amide bonds. The first-order chi connectivity index (χ1) is 28.7. The van der Waals surface area contributed by atoms with Crippen LogP contribution in [0.5, 0.6) is 0 Å². The second-order valence-corrected chi connectivity index (χ2v) is 15.3. The monoisotopic (exact) mass is 737 g/mol. The van der Waals surface area contributed by atoms with E-state index in [0.29, 0.717) is 0 Å². The first kappa shape index (κ1) is 32.6. The van der Waals surface area contributed by atoms with E-state index >= 15 is 0 Å². The number of para-hydroxylation sites is 2. The largest absolute Gasteiger partial charge is 0.456 e. The Balaban J connectivity index is 1.04. The third-order valence-corrected chi connectivity index (χ3v) is 12.0. The highest BCUT2D eigenvalue weighted by Gasteiger charge is 2.18. The topological polar surface area (TPSA) is 18.1 Å². The van der Waals surface area contributed by atoms with Crippen molar-refractivity contribution in [1.82, 2.24) is 4.57 Å². The number of aromatic nitrogens is 1. The van der Waals surface area contributed by atoms with E-state index in [2.05, 4.69) is 205 Å². The summed E-state index contributed by atoms with van der Waals surface area (Å²) in [6.07, 6.45) is 0. The van der Waals surface area contributed by atoms with Crippen LogP contribution in [0.4, 0.5) is 0 Å². The third-order valence-electron chi connectivity index (χ3n) is 12.0. The smallest absolute Gasteiger partial charge is 0.135 e. The van der Waals surface area contributed by atoms with E-state index in [0.717, 1.165) is 33.2 Å². The van der Waals surface area contributed by atoms with Crippen LogP contribution < -0.4 is 0 Å². The predicted octanol–water partition coefficient (Wildman–Crippen LogP) is 15.7. The van der Waals surface area contributed by atoms with Gasteiger partial charge in [-0.05, 0) is 127 Å². The molecule has 2 aromatic heterocycles. The molecule has 270 valence electrons. The second kappa shape index (κ2) is 12.9. The Morgan fingerprint density at radius 2 is 0.759 bits per heavy atom. The average molecular weight is 738 g/mol. The Kier molecular flexibility index (Phi) is 7.26. The van der Waals surface area contributed by atoms with E-state index < -0.39 is 0 Å². The van der Waals surface area contributed by atoms with Gasteiger partial charge >= 0.3 is 0 Å². The van der Waals surface area contributed by atoms with E-state index in [1.807, 2.05) is 12.1 Å². The van der Waals surface area contributed by atoms with Crippen molar-refractivity contribution in [1.29, 1.82) is 0 Å². The van der Waals surface area contributed by atoms with Crippen molar-refractivity contribution in [3.8, 4) is 50.2 Å². The molecule has 0 radical (unpaired) electrons. The number of hydrogen-bond donors (Lipinski definition) is 0. The Labute approximate surface area is 335 Å². The van der Waals surface area contributed by atoms with Crippen LogP contribution in [0.3, 0.4) is 0 Å². The van der Waals surface area contributed by atoms with Gasteiger partial charge in [-0.3, -0.25) is 0 Å². The summed E-state index contributed by atoms with van der Waals surface area (Å²) in [7, 11) is 0. The van der Waals surface area contributed by atoms with Crippen molar-refractivity contribution in [2.45, 2.75) is 0 Å². The maximum atomic E-state index is 6.16. The highest BCUT2D eigenvalue weighted by atomic mass is 16.3. The minimum atomic E-state index is 0.908. The number of furan rings is 1. The predicted molar refractivity (Wildman–Crippen MR) is 245 cm³/mol. The molecule has 0 spiro atoms. The lowest BCUT2D eigenvalue weighted by molar-refractivity contribution is 0.669. The van der Waals surface area contributed by atoms with E-state index in [1.165, 1.54) is 82.3 Å². The summed E-state index contributed by atoms with van der Waals surface area (Å²) in [5, 5.41) is 9.72. The minimum Gasteiger partial charge on any atom is -0.456 e. The summed E-state index contributed by atoms with van der Waals surface area (Å²) >= 11 is 0. The van der Waals surface area contributed by atoms with E-state index in [4.69, 9.17) is 4.42 Å². The van der Waals surface area contributed by atoms with Gasteiger partial charge in [0.15, 0.2) is 0 Å². The summed E-state index contributed by atoms with van der Waals surface area (Å²) in [5.74, 6) is 0. The Morgan fingerprint density at radius 1 is 0.276 bits per heavy atom.